The molecule has 0 atom stereocenters. The van der Waals surface area contributed by atoms with Crippen molar-refractivity contribution >= 4 is 11.8 Å². The molecular formula is C12H24N2S. The van der Waals surface area contributed by atoms with E-state index in [0.717, 1.165) is 0 Å². The maximum absolute atomic E-state index is 5.80. The molecule has 0 unspecified atom stereocenters. The third-order valence-electron chi connectivity index (χ3n) is 4.09. The van der Waals surface area contributed by atoms with Gasteiger partial charge in [-0.05, 0) is 31.9 Å². The van der Waals surface area contributed by atoms with Gasteiger partial charge in [0.05, 0.1) is 0 Å². The highest BCUT2D eigenvalue weighted by atomic mass is 32.2. The molecule has 0 aromatic rings. The first-order valence-electron chi connectivity index (χ1n) is 6.28. The van der Waals surface area contributed by atoms with E-state index in [-0.39, 0.29) is 0 Å². The zero-order valence-corrected chi connectivity index (χ0v) is 10.6. The highest BCUT2D eigenvalue weighted by Crippen LogP contribution is 2.38. The molecule has 0 radical (unpaired) electrons. The molecule has 88 valence electrons. The fourth-order valence-corrected chi connectivity index (χ4v) is 3.73. The molecule has 2 saturated carbocycles. The lowest BCUT2D eigenvalue weighted by atomic mass is 9.85. The van der Waals surface area contributed by atoms with E-state index in [1.807, 2.05) is 0 Å². The molecule has 0 aliphatic heterocycles. The summed E-state index contributed by atoms with van der Waals surface area (Å²) in [6.45, 7) is 1.20. The molecule has 0 aromatic heterocycles. The van der Waals surface area contributed by atoms with Crippen LogP contribution in [0.2, 0.25) is 0 Å². The highest BCUT2D eigenvalue weighted by Gasteiger charge is 2.33. The predicted molar refractivity (Wildman–Crippen MR) is 68.3 cm³/mol. The zero-order chi connectivity index (χ0) is 10.7. The van der Waals surface area contributed by atoms with Gasteiger partial charge in [-0.25, -0.2) is 0 Å². The van der Waals surface area contributed by atoms with Crippen LogP contribution in [-0.4, -0.2) is 29.6 Å². The summed E-state index contributed by atoms with van der Waals surface area (Å²) in [5.41, 5.74) is 5.80. The third-order valence-corrected chi connectivity index (χ3v) is 5.50. The van der Waals surface area contributed by atoms with Crippen molar-refractivity contribution in [3.8, 4) is 0 Å². The number of rotatable bonds is 4. The highest BCUT2D eigenvalue weighted by molar-refractivity contribution is 8.00. The Kier molecular flexibility index (Phi) is 3.97. The maximum Gasteiger partial charge on any atom is 0.0281 e. The van der Waals surface area contributed by atoms with Crippen molar-refractivity contribution in [3.63, 3.8) is 0 Å². The average molecular weight is 228 g/mol. The minimum atomic E-state index is 0.471. The van der Waals surface area contributed by atoms with Gasteiger partial charge in [0.2, 0.25) is 0 Å². The molecule has 0 amide bonds. The predicted octanol–water partition coefficient (Wildman–Crippen LogP) is 2.13. The van der Waals surface area contributed by atoms with Crippen molar-refractivity contribution in [2.24, 2.45) is 5.73 Å². The van der Waals surface area contributed by atoms with Crippen molar-refractivity contribution in [2.75, 3.05) is 12.8 Å². The summed E-state index contributed by atoms with van der Waals surface area (Å²) in [6.07, 6.45) is 11.7. The van der Waals surface area contributed by atoms with Gasteiger partial charge in [0.15, 0.2) is 0 Å². The van der Waals surface area contributed by atoms with Crippen molar-refractivity contribution in [1.29, 1.82) is 0 Å². The van der Waals surface area contributed by atoms with Crippen molar-refractivity contribution in [3.05, 3.63) is 0 Å². The molecule has 3 heteroatoms. The monoisotopic (exact) mass is 228 g/mol. The van der Waals surface area contributed by atoms with Crippen LogP contribution in [0.15, 0.2) is 0 Å². The largest absolute Gasteiger partial charge is 0.328 e. The van der Waals surface area contributed by atoms with Crippen molar-refractivity contribution < 1.29 is 0 Å². The molecule has 2 aliphatic carbocycles. The van der Waals surface area contributed by atoms with Gasteiger partial charge in [-0.15, -0.1) is 0 Å². The number of hydrogen-bond acceptors (Lipinski definition) is 3. The van der Waals surface area contributed by atoms with Gasteiger partial charge in [-0.3, -0.25) is 0 Å². The Morgan fingerprint density at radius 3 is 2.47 bits per heavy atom. The fourth-order valence-electron chi connectivity index (χ4n) is 2.81. The molecular weight excluding hydrogens is 204 g/mol. The lowest BCUT2D eigenvalue weighted by Gasteiger charge is -2.40. The summed E-state index contributed by atoms with van der Waals surface area (Å²) in [6, 6.07) is 1.19. The quantitative estimate of drug-likeness (QED) is 0.774. The van der Waals surface area contributed by atoms with E-state index in [1.54, 1.807) is 0 Å². The molecule has 0 heterocycles. The third kappa shape index (κ3) is 2.89. The Balaban J connectivity index is 1.74. The van der Waals surface area contributed by atoms with Crippen LogP contribution < -0.4 is 11.1 Å². The molecule has 2 rings (SSSR count). The second kappa shape index (κ2) is 5.07. The molecule has 2 fully saturated rings. The molecule has 2 aliphatic rings. The molecule has 15 heavy (non-hydrogen) atoms. The number of nitrogens with one attached hydrogen (secondary N) is 1. The summed E-state index contributed by atoms with van der Waals surface area (Å²) < 4.78 is 0.540. The Morgan fingerprint density at radius 2 is 1.93 bits per heavy atom. The minimum Gasteiger partial charge on any atom is -0.328 e. The van der Waals surface area contributed by atoms with Gasteiger partial charge in [-0.2, -0.15) is 11.8 Å². The summed E-state index contributed by atoms with van der Waals surface area (Å²) in [5.74, 6) is 0. The summed E-state index contributed by atoms with van der Waals surface area (Å²) in [5, 5.41) is 3.71. The van der Waals surface area contributed by atoms with Gasteiger partial charge in [-0.1, -0.05) is 19.3 Å². The van der Waals surface area contributed by atoms with Crippen LogP contribution in [0.1, 0.15) is 44.9 Å². The van der Waals surface area contributed by atoms with Crippen LogP contribution in [0.25, 0.3) is 0 Å². The van der Waals surface area contributed by atoms with Crippen molar-refractivity contribution in [2.45, 2.75) is 61.8 Å². The van der Waals surface area contributed by atoms with Crippen LogP contribution in [0, 0.1) is 0 Å². The fraction of sp³-hybridized carbons (Fsp3) is 1.00. The molecule has 0 aromatic carbocycles. The minimum absolute atomic E-state index is 0.471. The molecule has 3 N–H and O–H groups in total. The van der Waals surface area contributed by atoms with Gasteiger partial charge < -0.3 is 11.1 Å². The van der Waals surface area contributed by atoms with Gasteiger partial charge >= 0.3 is 0 Å². The standard InChI is InChI=1S/C12H24N2S/c1-15-12(5-3-2-4-6-12)9-14-11-7-10(13)8-11/h10-11,14H,2-9,13H2,1H3. The van der Waals surface area contributed by atoms with Crippen LogP contribution in [0.5, 0.6) is 0 Å². The smallest absolute Gasteiger partial charge is 0.0281 e. The van der Waals surface area contributed by atoms with E-state index in [4.69, 9.17) is 5.73 Å². The number of thioether (sulfide) groups is 1. The Labute approximate surface area is 97.8 Å². The van der Waals surface area contributed by atoms with E-state index in [0.29, 0.717) is 16.8 Å². The summed E-state index contributed by atoms with van der Waals surface area (Å²) >= 11 is 2.08. The Morgan fingerprint density at radius 1 is 1.27 bits per heavy atom. The molecule has 2 nitrogen and oxygen atoms in total. The maximum atomic E-state index is 5.80. The molecule has 0 spiro atoms. The second-order valence-corrected chi connectivity index (χ2v) is 6.53. The lowest BCUT2D eigenvalue weighted by molar-refractivity contribution is 0.269. The van der Waals surface area contributed by atoms with Gasteiger partial charge in [0, 0.05) is 23.4 Å². The van der Waals surface area contributed by atoms with Gasteiger partial charge in [0.25, 0.3) is 0 Å². The van der Waals surface area contributed by atoms with E-state index >= 15 is 0 Å². The van der Waals surface area contributed by atoms with E-state index in [1.165, 1.54) is 51.5 Å². The summed E-state index contributed by atoms with van der Waals surface area (Å²) in [4.78, 5) is 0. The second-order valence-electron chi connectivity index (χ2n) is 5.26. The van der Waals surface area contributed by atoms with Crippen LogP contribution >= 0.6 is 11.8 Å². The number of nitrogens with two attached hydrogens (primary N) is 1. The first-order chi connectivity index (χ1) is 7.24. The van der Waals surface area contributed by atoms with Crippen LogP contribution in [-0.2, 0) is 0 Å². The van der Waals surface area contributed by atoms with Crippen LogP contribution in [0.4, 0.5) is 0 Å². The average Bonchev–Trinajstić information content (AvgIpc) is 2.24. The SMILES string of the molecule is CSC1(CNC2CC(N)C2)CCCCC1. The van der Waals surface area contributed by atoms with E-state index < -0.39 is 0 Å². The first-order valence-corrected chi connectivity index (χ1v) is 7.51. The van der Waals surface area contributed by atoms with Crippen LogP contribution in [0.3, 0.4) is 0 Å². The summed E-state index contributed by atoms with van der Waals surface area (Å²) in [7, 11) is 0. The Hall–Kier alpha value is 0.270. The zero-order valence-electron chi connectivity index (χ0n) is 9.80. The van der Waals surface area contributed by atoms with Crippen molar-refractivity contribution in [1.82, 2.24) is 5.32 Å². The normalized spacial score (nSPS) is 34.8. The first kappa shape index (κ1) is 11.7. The lowest BCUT2D eigenvalue weighted by Crippen LogP contribution is -2.52. The topological polar surface area (TPSA) is 38.0 Å². The van der Waals surface area contributed by atoms with E-state index in [9.17, 15) is 0 Å². The number of hydrogen-bond donors (Lipinski definition) is 2. The molecule has 0 bridgehead atoms. The Bertz CT molecular complexity index is 196. The van der Waals surface area contributed by atoms with Gasteiger partial charge in [0.1, 0.15) is 0 Å². The van der Waals surface area contributed by atoms with E-state index in [2.05, 4.69) is 23.3 Å². The molecule has 0 saturated heterocycles.